The van der Waals surface area contributed by atoms with Crippen LogP contribution < -0.4 is 0 Å². The largest absolute Gasteiger partial charge is 0.480 e. The number of hydrogen-bond donors (Lipinski definition) is 1. The van der Waals surface area contributed by atoms with E-state index in [-0.39, 0.29) is 18.4 Å². The fourth-order valence-electron chi connectivity index (χ4n) is 2.29. The first-order valence-electron chi connectivity index (χ1n) is 6.73. The summed E-state index contributed by atoms with van der Waals surface area (Å²) in [4.78, 5) is 26.4. The summed E-state index contributed by atoms with van der Waals surface area (Å²) in [6.45, 7) is 5.97. The maximum atomic E-state index is 12.5. The van der Waals surface area contributed by atoms with E-state index in [2.05, 4.69) is 5.10 Å². The van der Waals surface area contributed by atoms with Crippen molar-refractivity contribution in [3.8, 4) is 0 Å². The van der Waals surface area contributed by atoms with E-state index in [9.17, 15) is 9.59 Å². The zero-order valence-corrected chi connectivity index (χ0v) is 13.4. The summed E-state index contributed by atoms with van der Waals surface area (Å²) in [6.07, 6.45) is 0. The Balaban J connectivity index is 2.33. The van der Waals surface area contributed by atoms with Gasteiger partial charge in [-0.15, -0.1) is 11.3 Å². The monoisotopic (exact) mass is 309 g/mol. The van der Waals surface area contributed by atoms with Crippen LogP contribution in [0.5, 0.6) is 0 Å². The fraction of sp³-hybridized carbons (Fsp3) is 0.500. The molecule has 2 heterocycles. The van der Waals surface area contributed by atoms with Crippen molar-refractivity contribution in [3.05, 3.63) is 16.6 Å². The van der Waals surface area contributed by atoms with Crippen LogP contribution in [0.25, 0.3) is 10.2 Å². The number of aryl methyl sites for hydroxylation is 2. The number of amides is 1. The van der Waals surface area contributed by atoms with Crippen LogP contribution in [-0.4, -0.2) is 44.8 Å². The van der Waals surface area contributed by atoms with E-state index < -0.39 is 5.97 Å². The Kier molecular flexibility index (Phi) is 4.32. The molecule has 0 aliphatic rings. The molecule has 0 atom stereocenters. The highest BCUT2D eigenvalue weighted by Crippen LogP contribution is 2.28. The molecule has 0 aliphatic heterocycles. The molecule has 114 valence electrons. The van der Waals surface area contributed by atoms with Gasteiger partial charge in [0.05, 0.1) is 10.6 Å². The first-order valence-corrected chi connectivity index (χ1v) is 7.55. The van der Waals surface area contributed by atoms with Crippen LogP contribution in [0.4, 0.5) is 0 Å². The molecule has 1 N–H and O–H groups in total. The fourth-order valence-corrected chi connectivity index (χ4v) is 3.38. The van der Waals surface area contributed by atoms with Crippen molar-refractivity contribution >= 4 is 33.4 Å². The van der Waals surface area contributed by atoms with Crippen LogP contribution in [0.1, 0.15) is 29.2 Å². The molecule has 0 unspecified atom stereocenters. The van der Waals surface area contributed by atoms with E-state index in [1.165, 1.54) is 16.2 Å². The molecule has 0 saturated heterocycles. The summed E-state index contributed by atoms with van der Waals surface area (Å²) in [5.74, 6) is -1.01. The summed E-state index contributed by atoms with van der Waals surface area (Å²) >= 11 is 1.35. The molecule has 0 bridgehead atoms. The van der Waals surface area contributed by atoms with Gasteiger partial charge in [0.15, 0.2) is 0 Å². The molecule has 2 aromatic rings. The number of nitrogens with zero attached hydrogens (tertiary/aromatic N) is 3. The molecule has 1 amide bonds. The topological polar surface area (TPSA) is 75.4 Å². The van der Waals surface area contributed by atoms with Gasteiger partial charge in [0.2, 0.25) is 0 Å². The standard InChI is InChI=1S/C14H19N3O3S/c1-8(2)6-17(7-12(18)19)13(20)11-5-10-9(3)15-16(4)14(10)21-11/h5,8H,6-7H2,1-4H3,(H,18,19). The Morgan fingerprint density at radius 1 is 1.48 bits per heavy atom. The SMILES string of the molecule is Cc1nn(C)c2sc(C(=O)N(CC(=O)O)CC(C)C)cc12. The van der Waals surface area contributed by atoms with Crippen LogP contribution >= 0.6 is 11.3 Å². The number of aliphatic carboxylic acids is 1. The molecule has 21 heavy (non-hydrogen) atoms. The summed E-state index contributed by atoms with van der Waals surface area (Å²) in [5, 5.41) is 14.2. The Bertz CT molecular complexity index is 652. The number of carboxylic acid groups (broad SMARTS) is 1. The van der Waals surface area contributed by atoms with Gasteiger partial charge in [-0.2, -0.15) is 5.10 Å². The van der Waals surface area contributed by atoms with Gasteiger partial charge in [0, 0.05) is 19.0 Å². The third-order valence-electron chi connectivity index (χ3n) is 3.11. The zero-order valence-electron chi connectivity index (χ0n) is 12.6. The highest BCUT2D eigenvalue weighted by molar-refractivity contribution is 7.20. The van der Waals surface area contributed by atoms with E-state index in [0.29, 0.717) is 11.4 Å². The first-order chi connectivity index (χ1) is 9.79. The van der Waals surface area contributed by atoms with Crippen LogP contribution in [0.3, 0.4) is 0 Å². The van der Waals surface area contributed by atoms with Gasteiger partial charge in [0.25, 0.3) is 5.91 Å². The van der Waals surface area contributed by atoms with Gasteiger partial charge in [-0.25, -0.2) is 0 Å². The van der Waals surface area contributed by atoms with Gasteiger partial charge >= 0.3 is 5.97 Å². The average Bonchev–Trinajstić information content (AvgIpc) is 2.89. The molecule has 0 fully saturated rings. The third kappa shape index (κ3) is 3.24. The van der Waals surface area contributed by atoms with Crippen LogP contribution in [-0.2, 0) is 11.8 Å². The molecule has 0 saturated carbocycles. The number of rotatable bonds is 5. The summed E-state index contributed by atoms with van der Waals surface area (Å²) < 4.78 is 1.75. The minimum atomic E-state index is -0.997. The van der Waals surface area contributed by atoms with Crippen molar-refractivity contribution in [1.82, 2.24) is 14.7 Å². The number of hydrogen-bond acceptors (Lipinski definition) is 4. The van der Waals surface area contributed by atoms with Crippen LogP contribution in [0.15, 0.2) is 6.07 Å². The van der Waals surface area contributed by atoms with Gasteiger partial charge in [-0.05, 0) is 18.9 Å². The zero-order chi connectivity index (χ0) is 15.7. The smallest absolute Gasteiger partial charge is 0.323 e. The van der Waals surface area contributed by atoms with Crippen molar-refractivity contribution < 1.29 is 14.7 Å². The maximum Gasteiger partial charge on any atom is 0.323 e. The average molecular weight is 309 g/mol. The lowest BCUT2D eigenvalue weighted by molar-refractivity contribution is -0.137. The Morgan fingerprint density at radius 3 is 2.67 bits per heavy atom. The van der Waals surface area contributed by atoms with Crippen LogP contribution in [0, 0.1) is 12.8 Å². The first kappa shape index (κ1) is 15.5. The number of fused-ring (bicyclic) bond motifs is 1. The van der Waals surface area contributed by atoms with Crippen molar-refractivity contribution in [1.29, 1.82) is 0 Å². The molecule has 0 aliphatic carbocycles. The molecule has 0 spiro atoms. The van der Waals surface area contributed by atoms with Gasteiger partial charge < -0.3 is 10.0 Å². The molecule has 0 aromatic carbocycles. The maximum absolute atomic E-state index is 12.5. The van der Waals surface area contributed by atoms with E-state index in [1.807, 2.05) is 27.8 Å². The number of aromatic nitrogens is 2. The summed E-state index contributed by atoms with van der Waals surface area (Å²) in [7, 11) is 1.84. The van der Waals surface area contributed by atoms with Gasteiger partial charge in [-0.1, -0.05) is 13.8 Å². The molecule has 2 rings (SSSR count). The minimum Gasteiger partial charge on any atom is -0.480 e. The Hall–Kier alpha value is -1.89. The molecule has 0 radical (unpaired) electrons. The Morgan fingerprint density at radius 2 is 2.14 bits per heavy atom. The highest BCUT2D eigenvalue weighted by Gasteiger charge is 2.22. The second-order valence-electron chi connectivity index (χ2n) is 5.51. The second kappa shape index (κ2) is 5.85. The van der Waals surface area contributed by atoms with Gasteiger partial charge in [-0.3, -0.25) is 14.3 Å². The van der Waals surface area contributed by atoms with Gasteiger partial charge in [0.1, 0.15) is 11.4 Å². The predicted octanol–water partition coefficient (Wildman–Crippen LogP) is 2.13. The van der Waals surface area contributed by atoms with E-state index in [0.717, 1.165) is 15.9 Å². The normalized spacial score (nSPS) is 11.3. The quantitative estimate of drug-likeness (QED) is 0.918. The van der Waals surface area contributed by atoms with Crippen molar-refractivity contribution in [2.75, 3.05) is 13.1 Å². The lowest BCUT2D eigenvalue weighted by Crippen LogP contribution is -2.37. The highest BCUT2D eigenvalue weighted by atomic mass is 32.1. The van der Waals surface area contributed by atoms with E-state index in [1.54, 1.807) is 10.7 Å². The van der Waals surface area contributed by atoms with E-state index >= 15 is 0 Å². The second-order valence-corrected chi connectivity index (χ2v) is 6.54. The Labute approximate surface area is 127 Å². The number of carbonyl (C=O) groups excluding carboxylic acids is 1. The number of carbonyl (C=O) groups is 2. The lowest BCUT2D eigenvalue weighted by atomic mass is 10.2. The summed E-state index contributed by atoms with van der Waals surface area (Å²) in [5.41, 5.74) is 0.872. The minimum absolute atomic E-state index is 0.214. The van der Waals surface area contributed by atoms with Crippen molar-refractivity contribution in [2.24, 2.45) is 13.0 Å². The molecular weight excluding hydrogens is 290 g/mol. The number of thiophene rings is 1. The molecule has 2 aromatic heterocycles. The van der Waals surface area contributed by atoms with E-state index in [4.69, 9.17) is 5.11 Å². The summed E-state index contributed by atoms with van der Waals surface area (Å²) in [6, 6.07) is 1.81. The number of carboxylic acids is 1. The van der Waals surface area contributed by atoms with Crippen molar-refractivity contribution in [3.63, 3.8) is 0 Å². The molecular formula is C14H19N3O3S. The lowest BCUT2D eigenvalue weighted by Gasteiger charge is -2.21. The predicted molar refractivity (Wildman–Crippen MR) is 81.7 cm³/mol. The molecule has 6 nitrogen and oxygen atoms in total. The third-order valence-corrected chi connectivity index (χ3v) is 4.30. The van der Waals surface area contributed by atoms with Crippen LogP contribution in [0.2, 0.25) is 0 Å². The van der Waals surface area contributed by atoms with Crippen molar-refractivity contribution in [2.45, 2.75) is 20.8 Å². The molecule has 7 heteroatoms.